The highest BCUT2D eigenvalue weighted by molar-refractivity contribution is 5.20. The van der Waals surface area contributed by atoms with Gasteiger partial charge in [-0.05, 0) is 24.6 Å². The molecule has 19 heavy (non-hydrogen) atoms. The quantitative estimate of drug-likeness (QED) is 0.674. The number of nitrogens with zero attached hydrogens (tertiary/aromatic N) is 1. The standard InChI is InChI=1S/C16H27NO2/c1-16(2,3)14-17(4)10-11-18-12-13-19-15-8-6-5-7-9-15/h5-9H,10-14H2,1-4H3. The lowest BCUT2D eigenvalue weighted by Crippen LogP contribution is -2.32. The van der Waals surface area contributed by atoms with Gasteiger partial charge in [0.25, 0.3) is 0 Å². The van der Waals surface area contributed by atoms with Gasteiger partial charge in [0, 0.05) is 13.1 Å². The summed E-state index contributed by atoms with van der Waals surface area (Å²) < 4.78 is 11.1. The van der Waals surface area contributed by atoms with E-state index in [4.69, 9.17) is 9.47 Å². The second-order valence-electron chi connectivity index (χ2n) is 6.07. The van der Waals surface area contributed by atoms with Gasteiger partial charge in [0.2, 0.25) is 0 Å². The lowest BCUT2D eigenvalue weighted by Gasteiger charge is -2.26. The average Bonchev–Trinajstić information content (AvgIpc) is 2.32. The van der Waals surface area contributed by atoms with Crippen molar-refractivity contribution in [1.29, 1.82) is 0 Å². The molecule has 0 saturated heterocycles. The molecular formula is C16H27NO2. The van der Waals surface area contributed by atoms with E-state index in [2.05, 4.69) is 32.7 Å². The summed E-state index contributed by atoms with van der Waals surface area (Å²) in [5.41, 5.74) is 0.338. The van der Waals surface area contributed by atoms with Crippen molar-refractivity contribution in [3.05, 3.63) is 30.3 Å². The van der Waals surface area contributed by atoms with Crippen LogP contribution in [0.2, 0.25) is 0 Å². The van der Waals surface area contributed by atoms with Gasteiger partial charge in [-0.3, -0.25) is 0 Å². The maximum absolute atomic E-state index is 5.57. The Morgan fingerprint density at radius 3 is 2.32 bits per heavy atom. The van der Waals surface area contributed by atoms with Crippen LogP contribution < -0.4 is 4.74 Å². The van der Waals surface area contributed by atoms with Gasteiger partial charge in [-0.15, -0.1) is 0 Å². The highest BCUT2D eigenvalue weighted by Crippen LogP contribution is 2.13. The number of hydrogen-bond donors (Lipinski definition) is 0. The van der Waals surface area contributed by atoms with Gasteiger partial charge in [0.05, 0.1) is 13.2 Å². The maximum atomic E-state index is 5.57. The highest BCUT2D eigenvalue weighted by atomic mass is 16.5. The second-order valence-corrected chi connectivity index (χ2v) is 6.07. The minimum absolute atomic E-state index is 0.338. The molecule has 0 fully saturated rings. The molecule has 0 heterocycles. The van der Waals surface area contributed by atoms with E-state index in [1.807, 2.05) is 30.3 Å². The van der Waals surface area contributed by atoms with E-state index >= 15 is 0 Å². The van der Waals surface area contributed by atoms with E-state index in [1.54, 1.807) is 0 Å². The number of para-hydroxylation sites is 1. The summed E-state index contributed by atoms with van der Waals surface area (Å²) in [4.78, 5) is 2.30. The normalized spacial score (nSPS) is 11.8. The molecule has 0 radical (unpaired) electrons. The predicted octanol–water partition coefficient (Wildman–Crippen LogP) is 3.06. The van der Waals surface area contributed by atoms with E-state index in [0.717, 1.165) is 25.4 Å². The zero-order valence-corrected chi connectivity index (χ0v) is 12.7. The van der Waals surface area contributed by atoms with Gasteiger partial charge < -0.3 is 14.4 Å². The van der Waals surface area contributed by atoms with Crippen LogP contribution in [0, 0.1) is 5.41 Å². The summed E-state index contributed by atoms with van der Waals surface area (Å²) in [6.07, 6.45) is 0. The number of ether oxygens (including phenoxy) is 2. The largest absolute Gasteiger partial charge is 0.491 e. The fourth-order valence-electron chi connectivity index (χ4n) is 1.95. The molecule has 0 saturated carbocycles. The van der Waals surface area contributed by atoms with Gasteiger partial charge in [-0.2, -0.15) is 0 Å². The summed E-state index contributed by atoms with van der Waals surface area (Å²) >= 11 is 0. The van der Waals surface area contributed by atoms with E-state index in [-0.39, 0.29) is 0 Å². The molecule has 0 aliphatic carbocycles. The van der Waals surface area contributed by atoms with Crippen molar-refractivity contribution in [2.45, 2.75) is 20.8 Å². The van der Waals surface area contributed by atoms with E-state index in [9.17, 15) is 0 Å². The predicted molar refractivity (Wildman–Crippen MR) is 79.7 cm³/mol. The molecular weight excluding hydrogens is 238 g/mol. The summed E-state index contributed by atoms with van der Waals surface area (Å²) in [6, 6.07) is 9.83. The SMILES string of the molecule is CN(CCOCCOc1ccccc1)CC(C)(C)C. The van der Waals surface area contributed by atoms with Gasteiger partial charge >= 0.3 is 0 Å². The van der Waals surface area contributed by atoms with Crippen LogP contribution >= 0.6 is 0 Å². The summed E-state index contributed by atoms with van der Waals surface area (Å²) in [7, 11) is 2.13. The van der Waals surface area contributed by atoms with Crippen molar-refractivity contribution >= 4 is 0 Å². The van der Waals surface area contributed by atoms with Crippen molar-refractivity contribution in [2.24, 2.45) is 5.41 Å². The molecule has 0 spiro atoms. The monoisotopic (exact) mass is 265 g/mol. The number of hydrogen-bond acceptors (Lipinski definition) is 3. The highest BCUT2D eigenvalue weighted by Gasteiger charge is 2.12. The topological polar surface area (TPSA) is 21.7 Å². The third-order valence-electron chi connectivity index (χ3n) is 2.60. The Morgan fingerprint density at radius 2 is 1.68 bits per heavy atom. The summed E-state index contributed by atoms with van der Waals surface area (Å²) in [5.74, 6) is 0.899. The zero-order valence-electron chi connectivity index (χ0n) is 12.7. The van der Waals surface area contributed by atoms with Gasteiger partial charge in [0.15, 0.2) is 0 Å². The minimum Gasteiger partial charge on any atom is -0.491 e. The number of rotatable bonds is 8. The molecule has 108 valence electrons. The molecule has 0 aliphatic rings. The minimum atomic E-state index is 0.338. The number of likely N-dealkylation sites (N-methyl/N-ethyl adjacent to an activating group) is 1. The van der Waals surface area contributed by atoms with E-state index < -0.39 is 0 Å². The molecule has 3 nitrogen and oxygen atoms in total. The van der Waals surface area contributed by atoms with Crippen LogP contribution in [-0.4, -0.2) is 44.9 Å². The molecule has 1 aromatic carbocycles. The van der Waals surface area contributed by atoms with Crippen LogP contribution in [0.4, 0.5) is 0 Å². The Morgan fingerprint density at radius 1 is 1.00 bits per heavy atom. The van der Waals surface area contributed by atoms with Crippen molar-refractivity contribution < 1.29 is 9.47 Å². The second kappa shape index (κ2) is 8.18. The summed E-state index contributed by atoms with van der Waals surface area (Å²) in [6.45, 7) is 10.8. The Kier molecular flexibility index (Phi) is 6.89. The lowest BCUT2D eigenvalue weighted by atomic mass is 9.96. The first-order valence-electron chi connectivity index (χ1n) is 6.91. The molecule has 0 N–H and O–H groups in total. The van der Waals surface area contributed by atoms with Crippen LogP contribution in [-0.2, 0) is 4.74 Å². The molecule has 0 unspecified atom stereocenters. The van der Waals surface area contributed by atoms with Gasteiger partial charge in [-0.1, -0.05) is 39.0 Å². The van der Waals surface area contributed by atoms with Crippen molar-refractivity contribution in [1.82, 2.24) is 4.90 Å². The van der Waals surface area contributed by atoms with E-state index in [0.29, 0.717) is 18.6 Å². The molecule has 1 rings (SSSR count). The molecule has 0 aliphatic heterocycles. The van der Waals surface area contributed by atoms with Crippen molar-refractivity contribution in [2.75, 3.05) is 40.0 Å². The molecule has 0 bridgehead atoms. The summed E-state index contributed by atoms with van der Waals surface area (Å²) in [5, 5.41) is 0. The molecule has 3 heteroatoms. The fraction of sp³-hybridized carbons (Fsp3) is 0.625. The third kappa shape index (κ3) is 8.62. The van der Waals surface area contributed by atoms with Gasteiger partial charge in [-0.25, -0.2) is 0 Å². The van der Waals surface area contributed by atoms with Gasteiger partial charge in [0.1, 0.15) is 12.4 Å². The van der Waals surface area contributed by atoms with Crippen LogP contribution in [0.25, 0.3) is 0 Å². The van der Waals surface area contributed by atoms with Crippen LogP contribution in [0.3, 0.4) is 0 Å². The molecule has 0 amide bonds. The smallest absolute Gasteiger partial charge is 0.119 e. The first-order chi connectivity index (χ1) is 8.97. The Balaban J connectivity index is 2.00. The fourth-order valence-corrected chi connectivity index (χ4v) is 1.95. The molecule has 0 atom stereocenters. The van der Waals surface area contributed by atoms with Crippen LogP contribution in [0.15, 0.2) is 30.3 Å². The molecule has 0 aromatic heterocycles. The van der Waals surface area contributed by atoms with Crippen molar-refractivity contribution in [3.8, 4) is 5.75 Å². The zero-order chi connectivity index (χ0) is 14.1. The first kappa shape index (κ1) is 16.0. The Bertz CT molecular complexity index is 332. The molecule has 1 aromatic rings. The van der Waals surface area contributed by atoms with Crippen LogP contribution in [0.5, 0.6) is 5.75 Å². The van der Waals surface area contributed by atoms with Crippen molar-refractivity contribution in [3.63, 3.8) is 0 Å². The van der Waals surface area contributed by atoms with E-state index in [1.165, 1.54) is 0 Å². The average molecular weight is 265 g/mol. The maximum Gasteiger partial charge on any atom is 0.119 e. The third-order valence-corrected chi connectivity index (χ3v) is 2.60. The first-order valence-corrected chi connectivity index (χ1v) is 6.91. The Labute approximate surface area is 117 Å². The number of benzene rings is 1. The van der Waals surface area contributed by atoms with Crippen LogP contribution in [0.1, 0.15) is 20.8 Å². The Hall–Kier alpha value is -1.06. The lowest BCUT2D eigenvalue weighted by molar-refractivity contribution is 0.0784.